The van der Waals surface area contributed by atoms with E-state index in [0.29, 0.717) is 0 Å². The molecule has 1 aliphatic rings. The van der Waals surface area contributed by atoms with Gasteiger partial charge in [-0.25, -0.2) is 0 Å². The lowest BCUT2D eigenvalue weighted by molar-refractivity contribution is 0.470. The highest BCUT2D eigenvalue weighted by Gasteiger charge is 2.13. The molecule has 1 fully saturated rings. The number of halogens is 1. The summed E-state index contributed by atoms with van der Waals surface area (Å²) < 4.78 is 1.20. The third-order valence-corrected chi connectivity index (χ3v) is 4.88. The average Bonchev–Trinajstić information content (AvgIpc) is 2.86. The van der Waals surface area contributed by atoms with Crippen LogP contribution < -0.4 is 5.32 Å². The Morgan fingerprint density at radius 2 is 2.06 bits per heavy atom. The van der Waals surface area contributed by atoms with Crippen LogP contribution in [0.3, 0.4) is 0 Å². The zero-order chi connectivity index (χ0) is 12.8. The Balaban J connectivity index is 1.61. The molecule has 1 aliphatic carbocycles. The summed E-state index contributed by atoms with van der Waals surface area (Å²) in [4.78, 5) is 0. The van der Waals surface area contributed by atoms with E-state index >= 15 is 0 Å². The summed E-state index contributed by atoms with van der Waals surface area (Å²) in [6, 6.07) is 6.60. The molecule has 2 heteroatoms. The van der Waals surface area contributed by atoms with E-state index in [-0.39, 0.29) is 0 Å². The Morgan fingerprint density at radius 3 is 2.78 bits per heavy atom. The molecular weight excluding hydrogens is 286 g/mol. The van der Waals surface area contributed by atoms with Gasteiger partial charge >= 0.3 is 0 Å². The number of aryl methyl sites for hydroxylation is 1. The monoisotopic (exact) mass is 309 g/mol. The van der Waals surface area contributed by atoms with E-state index in [1.165, 1.54) is 54.1 Å². The molecule has 0 atom stereocenters. The van der Waals surface area contributed by atoms with E-state index in [1.54, 1.807) is 0 Å². The van der Waals surface area contributed by atoms with Crippen LogP contribution in [0, 0.1) is 12.8 Å². The predicted molar refractivity (Wildman–Crippen MR) is 81.8 cm³/mol. The van der Waals surface area contributed by atoms with Gasteiger partial charge in [0.1, 0.15) is 0 Å². The lowest BCUT2D eigenvalue weighted by Crippen LogP contribution is -2.15. The van der Waals surface area contributed by atoms with Gasteiger partial charge in [0.2, 0.25) is 0 Å². The van der Waals surface area contributed by atoms with Crippen molar-refractivity contribution in [1.82, 2.24) is 5.32 Å². The van der Waals surface area contributed by atoms with Crippen LogP contribution in [0.2, 0.25) is 0 Å². The van der Waals surface area contributed by atoms with Crippen molar-refractivity contribution in [3.8, 4) is 0 Å². The molecule has 0 bridgehead atoms. The van der Waals surface area contributed by atoms with Crippen LogP contribution in [-0.2, 0) is 6.54 Å². The van der Waals surface area contributed by atoms with Gasteiger partial charge in [0.05, 0.1) is 0 Å². The van der Waals surface area contributed by atoms with E-state index in [2.05, 4.69) is 46.4 Å². The molecule has 1 aromatic carbocycles. The van der Waals surface area contributed by atoms with Gasteiger partial charge in [-0.05, 0) is 49.4 Å². The first-order valence-corrected chi connectivity index (χ1v) is 8.01. The fraction of sp³-hybridized carbons (Fsp3) is 0.625. The molecule has 0 aliphatic heterocycles. The van der Waals surface area contributed by atoms with E-state index in [4.69, 9.17) is 0 Å². The van der Waals surface area contributed by atoms with Crippen molar-refractivity contribution in [2.45, 2.75) is 52.0 Å². The molecule has 0 aromatic heterocycles. The Hall–Kier alpha value is -0.340. The molecule has 0 radical (unpaired) electrons. The summed E-state index contributed by atoms with van der Waals surface area (Å²) in [6.45, 7) is 4.30. The minimum absolute atomic E-state index is 0.999. The van der Waals surface area contributed by atoms with Gasteiger partial charge in [-0.15, -0.1) is 0 Å². The number of hydrogen-bond acceptors (Lipinski definition) is 1. The summed E-state index contributed by atoms with van der Waals surface area (Å²) in [5.41, 5.74) is 2.71. The number of nitrogens with one attached hydrogen (secondary N) is 1. The summed E-state index contributed by atoms with van der Waals surface area (Å²) in [5.74, 6) is 1.03. The molecular formula is C16H24BrN. The van der Waals surface area contributed by atoms with Crippen molar-refractivity contribution in [3.05, 3.63) is 33.8 Å². The second kappa shape index (κ2) is 7.30. The van der Waals surface area contributed by atoms with Crippen LogP contribution in [-0.4, -0.2) is 6.54 Å². The van der Waals surface area contributed by atoms with Gasteiger partial charge in [0, 0.05) is 11.0 Å². The molecule has 0 spiro atoms. The highest BCUT2D eigenvalue weighted by atomic mass is 79.9. The quantitative estimate of drug-likeness (QED) is 0.743. The van der Waals surface area contributed by atoms with Crippen LogP contribution in [0.5, 0.6) is 0 Å². The van der Waals surface area contributed by atoms with Gasteiger partial charge < -0.3 is 5.32 Å². The van der Waals surface area contributed by atoms with Gasteiger partial charge in [-0.3, -0.25) is 0 Å². The molecule has 0 amide bonds. The Kier molecular flexibility index (Phi) is 5.71. The minimum Gasteiger partial charge on any atom is -0.313 e. The van der Waals surface area contributed by atoms with Crippen LogP contribution in [0.4, 0.5) is 0 Å². The molecule has 1 saturated carbocycles. The lowest BCUT2D eigenvalue weighted by Gasteiger charge is -2.10. The molecule has 1 nitrogen and oxygen atoms in total. The molecule has 0 saturated heterocycles. The summed E-state index contributed by atoms with van der Waals surface area (Å²) >= 11 is 3.54. The van der Waals surface area contributed by atoms with Gasteiger partial charge in [0.25, 0.3) is 0 Å². The lowest BCUT2D eigenvalue weighted by atomic mass is 10.0. The Labute approximate surface area is 119 Å². The van der Waals surface area contributed by atoms with Gasteiger partial charge in [-0.1, -0.05) is 53.7 Å². The van der Waals surface area contributed by atoms with Crippen molar-refractivity contribution in [1.29, 1.82) is 0 Å². The minimum atomic E-state index is 0.999. The maximum absolute atomic E-state index is 3.56. The molecule has 18 heavy (non-hydrogen) atoms. The van der Waals surface area contributed by atoms with Crippen LogP contribution in [0.25, 0.3) is 0 Å². The number of benzene rings is 1. The first-order valence-electron chi connectivity index (χ1n) is 7.21. The fourth-order valence-electron chi connectivity index (χ4n) is 2.86. The van der Waals surface area contributed by atoms with Crippen LogP contribution in [0.15, 0.2) is 22.7 Å². The topological polar surface area (TPSA) is 12.0 Å². The van der Waals surface area contributed by atoms with Crippen molar-refractivity contribution >= 4 is 15.9 Å². The first-order chi connectivity index (χ1) is 8.75. The Morgan fingerprint density at radius 1 is 1.28 bits per heavy atom. The zero-order valence-electron chi connectivity index (χ0n) is 11.3. The Bertz CT molecular complexity index is 369. The molecule has 0 heterocycles. The SMILES string of the molecule is Cc1cc(CNCCCC2CCCC2)ccc1Br. The van der Waals surface area contributed by atoms with Crippen molar-refractivity contribution in [3.63, 3.8) is 0 Å². The first kappa shape index (κ1) is 14.1. The standard InChI is InChI=1S/C16H24BrN/c1-13-11-15(8-9-16(13)17)12-18-10-4-7-14-5-2-3-6-14/h8-9,11,14,18H,2-7,10,12H2,1H3. The van der Waals surface area contributed by atoms with Crippen LogP contribution >= 0.6 is 15.9 Å². The number of rotatable bonds is 6. The summed E-state index contributed by atoms with van der Waals surface area (Å²) in [6.07, 6.45) is 8.65. The van der Waals surface area contributed by atoms with E-state index < -0.39 is 0 Å². The zero-order valence-corrected chi connectivity index (χ0v) is 12.9. The van der Waals surface area contributed by atoms with E-state index in [9.17, 15) is 0 Å². The highest BCUT2D eigenvalue weighted by molar-refractivity contribution is 9.10. The predicted octanol–water partition coefficient (Wildman–Crippen LogP) is 4.82. The second-order valence-electron chi connectivity index (χ2n) is 5.55. The van der Waals surface area contributed by atoms with E-state index in [0.717, 1.165) is 19.0 Å². The van der Waals surface area contributed by atoms with Crippen LogP contribution in [0.1, 0.15) is 49.7 Å². The molecule has 1 aromatic rings. The van der Waals surface area contributed by atoms with Gasteiger partial charge in [-0.2, -0.15) is 0 Å². The largest absolute Gasteiger partial charge is 0.313 e. The molecule has 1 N–H and O–H groups in total. The van der Waals surface area contributed by atoms with Crippen molar-refractivity contribution in [2.75, 3.05) is 6.54 Å². The maximum Gasteiger partial charge on any atom is 0.0205 e. The summed E-state index contributed by atoms with van der Waals surface area (Å²) in [5, 5.41) is 3.56. The smallest absolute Gasteiger partial charge is 0.0205 e. The highest BCUT2D eigenvalue weighted by Crippen LogP contribution is 2.28. The fourth-order valence-corrected chi connectivity index (χ4v) is 3.11. The van der Waals surface area contributed by atoms with Gasteiger partial charge in [0.15, 0.2) is 0 Å². The third-order valence-electron chi connectivity index (χ3n) is 3.99. The summed E-state index contributed by atoms with van der Waals surface area (Å²) in [7, 11) is 0. The van der Waals surface area contributed by atoms with Crippen molar-refractivity contribution < 1.29 is 0 Å². The maximum atomic E-state index is 3.56. The molecule has 0 unspecified atom stereocenters. The average molecular weight is 310 g/mol. The normalized spacial score (nSPS) is 16.3. The molecule has 2 rings (SSSR count). The van der Waals surface area contributed by atoms with Crippen molar-refractivity contribution in [2.24, 2.45) is 5.92 Å². The third kappa shape index (κ3) is 4.40. The molecule has 100 valence electrons. The van der Waals surface area contributed by atoms with E-state index in [1.807, 2.05) is 0 Å². The second-order valence-corrected chi connectivity index (χ2v) is 6.41. The number of hydrogen-bond donors (Lipinski definition) is 1.